The first kappa shape index (κ1) is 14.6. The number of hydrogen-bond donors (Lipinski definition) is 0. The maximum atomic E-state index is 2.22. The van der Waals surface area contributed by atoms with E-state index in [2.05, 4.69) is 72.1 Å². The summed E-state index contributed by atoms with van der Waals surface area (Å²) in [5.74, 6) is 2.09. The molecule has 0 unspecified atom stereocenters. The summed E-state index contributed by atoms with van der Waals surface area (Å²) < 4.78 is 0. The minimum absolute atomic E-state index is 1.03. The molecule has 0 saturated carbocycles. The van der Waals surface area contributed by atoms with Gasteiger partial charge in [-0.25, -0.2) is 0 Å². The molecule has 0 saturated heterocycles. The molecule has 19 heavy (non-hydrogen) atoms. The highest BCUT2D eigenvalue weighted by Gasteiger charge is 1.91. The van der Waals surface area contributed by atoms with E-state index in [1.807, 2.05) is 22.6 Å². The third kappa shape index (κ3) is 6.28. The minimum atomic E-state index is 1.03. The Morgan fingerprint density at radius 1 is 0.842 bits per heavy atom. The van der Waals surface area contributed by atoms with Crippen LogP contribution in [0.15, 0.2) is 77.0 Å². The molecular weight excluding hydrogens is 288 g/mol. The fraction of sp³-hybridized carbons (Fsp3) is 0.125. The van der Waals surface area contributed by atoms with Crippen LogP contribution in [0.5, 0.6) is 0 Å². The molecule has 0 amide bonds. The van der Waals surface area contributed by atoms with Gasteiger partial charge in [-0.15, -0.1) is 11.8 Å². The van der Waals surface area contributed by atoms with Crippen molar-refractivity contribution in [2.24, 2.45) is 0 Å². The molecule has 0 atom stereocenters. The first-order chi connectivity index (χ1) is 9.45. The predicted molar refractivity (Wildman–Crippen MR) is 91.6 cm³/mol. The van der Waals surface area contributed by atoms with Crippen LogP contribution < -0.4 is 0 Å². The summed E-state index contributed by atoms with van der Waals surface area (Å²) in [5, 5.41) is 2.18. The van der Waals surface area contributed by atoms with Crippen molar-refractivity contribution in [2.75, 3.05) is 5.75 Å². The molecule has 2 aromatic carbocycles. The van der Waals surface area contributed by atoms with E-state index in [-0.39, 0.29) is 0 Å². The van der Waals surface area contributed by atoms with Gasteiger partial charge >= 0.3 is 0 Å². The van der Waals surface area contributed by atoms with E-state index >= 15 is 0 Å². The standard InChI is InChI=1S/C16H16S3/c1-3-8-15(9-4-1)14-19-18-13-7-12-17-16-10-5-2-6-11-16/h1-11,13H,12,14H2/b13-7-. The Morgan fingerprint density at radius 2 is 1.53 bits per heavy atom. The Kier molecular flexibility index (Phi) is 7.07. The maximum absolute atomic E-state index is 2.22. The second kappa shape index (κ2) is 9.18. The van der Waals surface area contributed by atoms with E-state index in [1.165, 1.54) is 10.5 Å². The molecule has 3 heteroatoms. The lowest BCUT2D eigenvalue weighted by atomic mass is 10.2. The van der Waals surface area contributed by atoms with Crippen LogP contribution in [0, 0.1) is 0 Å². The van der Waals surface area contributed by atoms with Crippen molar-refractivity contribution >= 4 is 33.3 Å². The molecular formula is C16H16S3. The summed E-state index contributed by atoms with van der Waals surface area (Å²) in [6.07, 6.45) is 2.22. The fourth-order valence-electron chi connectivity index (χ4n) is 1.46. The van der Waals surface area contributed by atoms with Crippen molar-refractivity contribution in [2.45, 2.75) is 10.6 Å². The van der Waals surface area contributed by atoms with Crippen LogP contribution >= 0.6 is 33.3 Å². The number of thioether (sulfide) groups is 1. The lowest BCUT2D eigenvalue weighted by Crippen LogP contribution is -1.75. The lowest BCUT2D eigenvalue weighted by Gasteiger charge is -1.98. The molecule has 0 radical (unpaired) electrons. The topological polar surface area (TPSA) is 0 Å². The predicted octanol–water partition coefficient (Wildman–Crippen LogP) is 5.87. The van der Waals surface area contributed by atoms with Gasteiger partial charge < -0.3 is 0 Å². The van der Waals surface area contributed by atoms with Gasteiger partial charge in [0.1, 0.15) is 0 Å². The number of benzene rings is 2. The zero-order valence-corrected chi connectivity index (χ0v) is 13.0. The molecule has 0 fully saturated rings. The van der Waals surface area contributed by atoms with Crippen LogP contribution in [0.1, 0.15) is 5.56 Å². The quantitative estimate of drug-likeness (QED) is 0.356. The van der Waals surface area contributed by atoms with Gasteiger partial charge in [-0.05, 0) is 23.1 Å². The molecule has 2 rings (SSSR count). The van der Waals surface area contributed by atoms with E-state index in [0.717, 1.165) is 11.5 Å². The molecule has 0 aliphatic rings. The first-order valence-corrected chi connectivity index (χ1v) is 9.47. The van der Waals surface area contributed by atoms with E-state index in [4.69, 9.17) is 0 Å². The zero-order valence-electron chi connectivity index (χ0n) is 10.6. The van der Waals surface area contributed by atoms with Gasteiger partial charge in [-0.3, -0.25) is 0 Å². The second-order valence-electron chi connectivity index (χ2n) is 3.84. The minimum Gasteiger partial charge on any atom is -0.122 e. The van der Waals surface area contributed by atoms with Crippen molar-refractivity contribution in [3.05, 3.63) is 77.7 Å². The number of rotatable bonds is 7. The molecule has 0 N–H and O–H groups in total. The molecule has 0 spiro atoms. The van der Waals surface area contributed by atoms with Gasteiger partial charge in [-0.1, -0.05) is 76.2 Å². The van der Waals surface area contributed by atoms with Gasteiger partial charge in [0.2, 0.25) is 0 Å². The third-order valence-electron chi connectivity index (χ3n) is 2.38. The summed E-state index contributed by atoms with van der Waals surface area (Å²) >= 11 is 1.87. The van der Waals surface area contributed by atoms with E-state index in [9.17, 15) is 0 Å². The van der Waals surface area contributed by atoms with Crippen LogP contribution in [0.2, 0.25) is 0 Å². The molecule has 0 bridgehead atoms. The molecule has 98 valence electrons. The summed E-state index contributed by atoms with van der Waals surface area (Å²) in [7, 11) is 3.68. The van der Waals surface area contributed by atoms with Crippen molar-refractivity contribution in [1.29, 1.82) is 0 Å². The average Bonchev–Trinajstić information content (AvgIpc) is 2.48. The number of hydrogen-bond acceptors (Lipinski definition) is 3. The molecule has 0 heterocycles. The Balaban J connectivity index is 1.57. The van der Waals surface area contributed by atoms with Crippen molar-refractivity contribution in [1.82, 2.24) is 0 Å². The SMILES string of the molecule is C(=C/SSCc1ccccc1)/CSc1ccccc1. The average molecular weight is 305 g/mol. The van der Waals surface area contributed by atoms with Gasteiger partial charge in [0, 0.05) is 16.4 Å². The van der Waals surface area contributed by atoms with Crippen LogP contribution in [-0.4, -0.2) is 5.75 Å². The van der Waals surface area contributed by atoms with Crippen LogP contribution in [-0.2, 0) is 5.75 Å². The van der Waals surface area contributed by atoms with E-state index in [1.54, 1.807) is 10.8 Å². The Bertz CT molecular complexity index is 480. The second-order valence-corrected chi connectivity index (χ2v) is 7.21. The smallest absolute Gasteiger partial charge is 0.0291 e. The summed E-state index contributed by atoms with van der Waals surface area (Å²) in [4.78, 5) is 1.33. The van der Waals surface area contributed by atoms with Crippen LogP contribution in [0.3, 0.4) is 0 Å². The Hall–Kier alpha value is -0.770. The van der Waals surface area contributed by atoms with Crippen molar-refractivity contribution in [3.8, 4) is 0 Å². The highest BCUT2D eigenvalue weighted by atomic mass is 33.1. The molecule has 0 aliphatic carbocycles. The molecule has 2 aromatic rings. The highest BCUT2D eigenvalue weighted by molar-refractivity contribution is 8.77. The van der Waals surface area contributed by atoms with Gasteiger partial charge in [0.15, 0.2) is 0 Å². The van der Waals surface area contributed by atoms with Gasteiger partial charge in [-0.2, -0.15) is 0 Å². The largest absolute Gasteiger partial charge is 0.122 e. The first-order valence-electron chi connectivity index (χ1n) is 6.10. The summed E-state index contributed by atoms with van der Waals surface area (Å²) in [6.45, 7) is 0. The fourth-order valence-corrected chi connectivity index (χ4v) is 4.05. The normalized spacial score (nSPS) is 10.9. The van der Waals surface area contributed by atoms with Gasteiger partial charge in [0.05, 0.1) is 0 Å². The van der Waals surface area contributed by atoms with Crippen molar-refractivity contribution < 1.29 is 0 Å². The highest BCUT2D eigenvalue weighted by Crippen LogP contribution is 2.27. The molecule has 0 aromatic heterocycles. The Labute approximate surface area is 127 Å². The summed E-state index contributed by atoms with van der Waals surface area (Å²) in [6, 6.07) is 21.1. The van der Waals surface area contributed by atoms with Gasteiger partial charge in [0.25, 0.3) is 0 Å². The zero-order chi connectivity index (χ0) is 13.2. The van der Waals surface area contributed by atoms with E-state index in [0.29, 0.717) is 0 Å². The van der Waals surface area contributed by atoms with Crippen LogP contribution in [0.25, 0.3) is 0 Å². The Morgan fingerprint density at radius 3 is 2.26 bits per heavy atom. The lowest BCUT2D eigenvalue weighted by molar-refractivity contribution is 1.43. The van der Waals surface area contributed by atoms with E-state index < -0.39 is 0 Å². The molecule has 0 aliphatic heterocycles. The third-order valence-corrected chi connectivity index (χ3v) is 5.33. The van der Waals surface area contributed by atoms with Crippen molar-refractivity contribution in [3.63, 3.8) is 0 Å². The monoisotopic (exact) mass is 304 g/mol. The van der Waals surface area contributed by atoms with Crippen LogP contribution in [0.4, 0.5) is 0 Å². The maximum Gasteiger partial charge on any atom is 0.0291 e. The summed E-state index contributed by atoms with van der Waals surface area (Å²) in [5.41, 5.74) is 1.38. The molecule has 0 nitrogen and oxygen atoms in total.